The van der Waals surface area contributed by atoms with Gasteiger partial charge in [0.25, 0.3) is 0 Å². The van der Waals surface area contributed by atoms with E-state index in [-0.39, 0.29) is 0 Å². The first-order valence-electron chi connectivity index (χ1n) is 6.26. The van der Waals surface area contributed by atoms with Crippen LogP contribution in [0.5, 0.6) is 5.75 Å². The molecule has 21 heavy (non-hydrogen) atoms. The fraction of sp³-hybridized carbons (Fsp3) is 0.0625. The van der Waals surface area contributed by atoms with E-state index in [1.807, 2.05) is 11.4 Å². The number of hydrogen-bond acceptors (Lipinski definition) is 3. The lowest BCUT2D eigenvalue weighted by Crippen LogP contribution is -2.00. The summed E-state index contributed by atoms with van der Waals surface area (Å²) in [5.74, 6) is -0.224. The van der Waals surface area contributed by atoms with Crippen LogP contribution in [0.15, 0.2) is 47.8 Å². The maximum absolute atomic E-state index is 11.3. The molecule has 5 heteroatoms. The Bertz CT molecular complexity index is 793. The van der Waals surface area contributed by atoms with Crippen molar-refractivity contribution in [1.29, 1.82) is 0 Å². The van der Waals surface area contributed by atoms with Crippen LogP contribution < -0.4 is 4.74 Å². The number of thiophene rings is 1. The lowest BCUT2D eigenvalue weighted by Gasteiger charge is -2.06. The minimum Gasteiger partial charge on any atom is -0.489 e. The van der Waals surface area contributed by atoms with E-state index < -0.39 is 5.97 Å². The van der Waals surface area contributed by atoms with Gasteiger partial charge in [-0.1, -0.05) is 17.7 Å². The molecule has 0 aliphatic heterocycles. The first-order chi connectivity index (χ1) is 10.1. The topological polar surface area (TPSA) is 46.5 Å². The van der Waals surface area contributed by atoms with E-state index in [9.17, 15) is 9.90 Å². The fourth-order valence-electron chi connectivity index (χ4n) is 2.13. The van der Waals surface area contributed by atoms with Gasteiger partial charge in [-0.05, 0) is 41.8 Å². The van der Waals surface area contributed by atoms with Gasteiger partial charge in [-0.25, -0.2) is 4.79 Å². The van der Waals surface area contributed by atoms with Gasteiger partial charge in [0, 0.05) is 20.7 Å². The standard InChI is InChI=1S/C16H11ClO3S/c17-11-4-6-12(7-5-11)20-8-10-9-21-14-3-1-2-13(15(10)14)16(18)19/h1-7,9H,8H2,(H,18,19). The zero-order valence-corrected chi connectivity index (χ0v) is 12.4. The molecule has 0 spiro atoms. The average Bonchev–Trinajstić information content (AvgIpc) is 2.90. The summed E-state index contributed by atoms with van der Waals surface area (Å²) in [4.78, 5) is 11.3. The van der Waals surface area contributed by atoms with Crippen LogP contribution in [0.1, 0.15) is 15.9 Å². The molecule has 0 radical (unpaired) electrons. The van der Waals surface area contributed by atoms with Crippen molar-refractivity contribution in [3.8, 4) is 5.75 Å². The molecule has 0 amide bonds. The summed E-state index contributed by atoms with van der Waals surface area (Å²) in [6.45, 7) is 0.325. The number of fused-ring (bicyclic) bond motifs is 1. The Morgan fingerprint density at radius 1 is 1.19 bits per heavy atom. The van der Waals surface area contributed by atoms with Gasteiger partial charge in [0.1, 0.15) is 12.4 Å². The SMILES string of the molecule is O=C(O)c1cccc2scc(COc3ccc(Cl)cc3)c12. The molecule has 0 saturated carbocycles. The Labute approximate surface area is 130 Å². The van der Waals surface area contributed by atoms with Gasteiger partial charge in [0.2, 0.25) is 0 Å². The van der Waals surface area contributed by atoms with Crippen LogP contribution in [0.4, 0.5) is 0 Å². The van der Waals surface area contributed by atoms with Gasteiger partial charge in [-0.2, -0.15) is 0 Å². The Morgan fingerprint density at radius 3 is 2.67 bits per heavy atom. The van der Waals surface area contributed by atoms with Crippen LogP contribution in [0.25, 0.3) is 10.1 Å². The van der Waals surface area contributed by atoms with Crippen LogP contribution in [-0.2, 0) is 6.61 Å². The molecule has 0 saturated heterocycles. The van der Waals surface area contributed by atoms with Gasteiger partial charge in [0.15, 0.2) is 0 Å². The van der Waals surface area contributed by atoms with E-state index in [1.165, 1.54) is 11.3 Å². The maximum Gasteiger partial charge on any atom is 0.336 e. The summed E-state index contributed by atoms with van der Waals surface area (Å²) < 4.78 is 6.65. The third-order valence-corrected chi connectivity index (χ3v) is 4.36. The molecule has 2 aromatic carbocycles. The number of benzene rings is 2. The molecule has 0 aliphatic carbocycles. The average molecular weight is 319 g/mol. The van der Waals surface area contributed by atoms with Crippen molar-refractivity contribution in [1.82, 2.24) is 0 Å². The number of rotatable bonds is 4. The minimum absolute atomic E-state index is 0.309. The first-order valence-corrected chi connectivity index (χ1v) is 7.51. The highest BCUT2D eigenvalue weighted by atomic mass is 35.5. The lowest BCUT2D eigenvalue weighted by molar-refractivity contribution is 0.0699. The highest BCUT2D eigenvalue weighted by Gasteiger charge is 2.14. The van der Waals surface area contributed by atoms with Gasteiger partial charge in [-0.15, -0.1) is 11.3 Å². The van der Waals surface area contributed by atoms with Crippen molar-refractivity contribution in [2.75, 3.05) is 0 Å². The van der Waals surface area contributed by atoms with Crippen LogP contribution in [0, 0.1) is 0 Å². The number of ether oxygens (including phenoxy) is 1. The van der Waals surface area contributed by atoms with E-state index in [4.69, 9.17) is 16.3 Å². The molecule has 1 N–H and O–H groups in total. The molecule has 106 valence electrons. The summed E-state index contributed by atoms with van der Waals surface area (Å²) in [5.41, 5.74) is 1.19. The van der Waals surface area contributed by atoms with Crippen LogP contribution in [0.3, 0.4) is 0 Å². The van der Waals surface area contributed by atoms with Gasteiger partial charge in [-0.3, -0.25) is 0 Å². The molecular weight excluding hydrogens is 308 g/mol. The van der Waals surface area contributed by atoms with Crippen LogP contribution in [0.2, 0.25) is 5.02 Å². The quantitative estimate of drug-likeness (QED) is 0.749. The summed E-state index contributed by atoms with van der Waals surface area (Å²) in [7, 11) is 0. The summed E-state index contributed by atoms with van der Waals surface area (Å²) >= 11 is 7.34. The predicted octanol–water partition coefficient (Wildman–Crippen LogP) is 4.83. The van der Waals surface area contributed by atoms with Gasteiger partial charge >= 0.3 is 5.97 Å². The maximum atomic E-state index is 11.3. The Hall–Kier alpha value is -2.04. The van der Waals surface area contributed by atoms with E-state index in [2.05, 4.69) is 0 Å². The monoisotopic (exact) mass is 318 g/mol. The van der Waals surface area contributed by atoms with E-state index in [1.54, 1.807) is 36.4 Å². The fourth-order valence-corrected chi connectivity index (χ4v) is 3.23. The summed E-state index contributed by atoms with van der Waals surface area (Å²) in [6, 6.07) is 12.4. The van der Waals surface area contributed by atoms with Crippen molar-refractivity contribution in [2.24, 2.45) is 0 Å². The molecule has 0 bridgehead atoms. The number of carboxylic acid groups (broad SMARTS) is 1. The molecule has 1 heterocycles. The van der Waals surface area contributed by atoms with E-state index in [0.717, 1.165) is 15.6 Å². The third kappa shape index (κ3) is 2.86. The first kappa shape index (κ1) is 13.9. The highest BCUT2D eigenvalue weighted by molar-refractivity contribution is 7.17. The lowest BCUT2D eigenvalue weighted by atomic mass is 10.1. The molecule has 3 rings (SSSR count). The molecule has 0 atom stereocenters. The molecule has 1 aromatic heterocycles. The number of hydrogen-bond donors (Lipinski definition) is 1. The largest absolute Gasteiger partial charge is 0.489 e. The normalized spacial score (nSPS) is 10.7. The molecule has 0 unspecified atom stereocenters. The molecule has 0 fully saturated rings. The van der Waals surface area contributed by atoms with Crippen molar-refractivity contribution in [3.05, 3.63) is 64.0 Å². The zero-order chi connectivity index (χ0) is 14.8. The molecule has 0 aliphatic rings. The van der Waals surface area contributed by atoms with Crippen molar-refractivity contribution >= 4 is 39.0 Å². The number of carbonyl (C=O) groups is 1. The van der Waals surface area contributed by atoms with Crippen LogP contribution in [-0.4, -0.2) is 11.1 Å². The van der Waals surface area contributed by atoms with Crippen LogP contribution >= 0.6 is 22.9 Å². The summed E-state index contributed by atoms with van der Waals surface area (Å²) in [6.07, 6.45) is 0. The smallest absolute Gasteiger partial charge is 0.336 e. The second-order valence-corrected chi connectivity index (χ2v) is 5.84. The second kappa shape index (κ2) is 5.76. The van der Waals surface area contributed by atoms with Crippen molar-refractivity contribution < 1.29 is 14.6 Å². The van der Waals surface area contributed by atoms with E-state index >= 15 is 0 Å². The van der Waals surface area contributed by atoms with E-state index in [0.29, 0.717) is 22.9 Å². The zero-order valence-electron chi connectivity index (χ0n) is 10.9. The predicted molar refractivity (Wildman–Crippen MR) is 84.6 cm³/mol. The molecular formula is C16H11ClO3S. The molecule has 3 nitrogen and oxygen atoms in total. The highest BCUT2D eigenvalue weighted by Crippen LogP contribution is 2.30. The minimum atomic E-state index is -0.924. The number of carboxylic acids is 1. The summed E-state index contributed by atoms with van der Waals surface area (Å²) in [5, 5.41) is 12.6. The Kier molecular flexibility index (Phi) is 3.82. The second-order valence-electron chi connectivity index (χ2n) is 4.49. The molecule has 3 aromatic rings. The Balaban J connectivity index is 1.90. The number of halogens is 1. The van der Waals surface area contributed by atoms with Gasteiger partial charge in [0.05, 0.1) is 5.56 Å². The van der Waals surface area contributed by atoms with Crippen molar-refractivity contribution in [3.63, 3.8) is 0 Å². The third-order valence-electron chi connectivity index (χ3n) is 3.11. The van der Waals surface area contributed by atoms with Gasteiger partial charge < -0.3 is 9.84 Å². The Morgan fingerprint density at radius 2 is 1.95 bits per heavy atom. The van der Waals surface area contributed by atoms with Crippen molar-refractivity contribution in [2.45, 2.75) is 6.61 Å². The number of aromatic carboxylic acids is 1.